The summed E-state index contributed by atoms with van der Waals surface area (Å²) >= 11 is 0. The van der Waals surface area contributed by atoms with Gasteiger partial charge in [0.1, 0.15) is 6.04 Å². The quantitative estimate of drug-likeness (QED) is 0.394. The van der Waals surface area contributed by atoms with Crippen molar-refractivity contribution >= 4 is 45.4 Å². The molecule has 0 saturated carbocycles. The van der Waals surface area contributed by atoms with Crippen molar-refractivity contribution in [1.82, 2.24) is 4.90 Å². The van der Waals surface area contributed by atoms with E-state index in [1.807, 2.05) is 30.3 Å². The first-order valence-electron chi connectivity index (χ1n) is 6.34. The Balaban J connectivity index is 0.00000242. The fourth-order valence-electron chi connectivity index (χ4n) is 2.00. The minimum atomic E-state index is -4.30. The Hall–Kier alpha value is -0.830. The third-order valence-corrected chi connectivity index (χ3v) is 4.70. The van der Waals surface area contributed by atoms with Gasteiger partial charge >= 0.3 is 29.6 Å². The molecule has 0 spiro atoms. The summed E-state index contributed by atoms with van der Waals surface area (Å²) in [6.45, 7) is 0. The summed E-state index contributed by atoms with van der Waals surface area (Å²) in [6, 6.07) is 8.88. The van der Waals surface area contributed by atoms with Gasteiger partial charge < -0.3 is 0 Å². The minimum absolute atomic E-state index is 0. The van der Waals surface area contributed by atoms with Crippen LogP contribution in [0, 0.1) is 0 Å². The van der Waals surface area contributed by atoms with Crippen molar-refractivity contribution in [3.63, 3.8) is 0 Å². The molecule has 1 aliphatic carbocycles. The fourth-order valence-corrected chi connectivity index (χ4v) is 2.96. The molecular weight excluding hydrogens is 313 g/mol. The number of rotatable bonds is 4. The molecule has 8 heteroatoms. The molecule has 0 aliphatic heterocycles. The van der Waals surface area contributed by atoms with Gasteiger partial charge in [0.15, 0.2) is 4.87 Å². The second-order valence-electron chi connectivity index (χ2n) is 4.88. The summed E-state index contributed by atoms with van der Waals surface area (Å²) in [6.07, 6.45) is 6.02. The van der Waals surface area contributed by atoms with E-state index in [1.165, 1.54) is 17.1 Å². The number of azo groups is 1. The van der Waals surface area contributed by atoms with Gasteiger partial charge in [-0.2, -0.15) is 18.6 Å². The van der Waals surface area contributed by atoms with E-state index < -0.39 is 15.0 Å². The molecule has 0 aromatic heterocycles. The molecule has 1 aliphatic rings. The standard InChI is InChI=1S/C14H17N3O3S.Na.H/c1-17(2)14(21(18,19)20)10-8-13(9-11-14)16-15-12-6-4-3-5-7-12;;/h3-11,13H,1-2H3,(H,18,19,20);;/b16-15+;;. The molecular formula is C14H18N3NaO3S. The van der Waals surface area contributed by atoms with Gasteiger partial charge in [0.05, 0.1) is 5.69 Å². The summed E-state index contributed by atoms with van der Waals surface area (Å²) in [5, 5.41) is 8.20. The Kier molecular flexibility index (Phi) is 6.66. The van der Waals surface area contributed by atoms with Crippen LogP contribution in [0.15, 0.2) is 64.9 Å². The zero-order valence-electron chi connectivity index (χ0n) is 11.8. The zero-order chi connectivity index (χ0) is 15.5. The van der Waals surface area contributed by atoms with E-state index in [0.717, 1.165) is 5.69 Å². The van der Waals surface area contributed by atoms with Gasteiger partial charge in [-0.1, -0.05) is 30.4 Å². The first-order valence-corrected chi connectivity index (χ1v) is 7.78. The number of hydrogen-bond donors (Lipinski definition) is 1. The molecule has 0 unspecified atom stereocenters. The number of likely N-dealkylation sites (N-methyl/N-ethyl adjacent to an activating group) is 1. The van der Waals surface area contributed by atoms with Crippen molar-refractivity contribution in [2.24, 2.45) is 10.2 Å². The Bertz CT molecular complexity index is 671. The molecule has 1 N–H and O–H groups in total. The van der Waals surface area contributed by atoms with Crippen molar-refractivity contribution < 1.29 is 13.0 Å². The van der Waals surface area contributed by atoms with E-state index in [4.69, 9.17) is 0 Å². The average Bonchev–Trinajstić information content (AvgIpc) is 2.45. The second-order valence-corrected chi connectivity index (χ2v) is 6.49. The van der Waals surface area contributed by atoms with Crippen LogP contribution >= 0.6 is 0 Å². The van der Waals surface area contributed by atoms with E-state index in [1.54, 1.807) is 26.2 Å². The van der Waals surface area contributed by atoms with Crippen molar-refractivity contribution in [1.29, 1.82) is 0 Å². The van der Waals surface area contributed by atoms with Gasteiger partial charge in [-0.3, -0.25) is 9.45 Å². The van der Waals surface area contributed by atoms with Crippen LogP contribution in [-0.2, 0) is 10.1 Å². The molecule has 0 atom stereocenters. The topological polar surface area (TPSA) is 82.3 Å². The van der Waals surface area contributed by atoms with E-state index >= 15 is 0 Å². The molecule has 0 amide bonds. The number of hydrogen-bond acceptors (Lipinski definition) is 5. The van der Waals surface area contributed by atoms with Crippen LogP contribution in [0.3, 0.4) is 0 Å². The molecule has 1 aromatic rings. The first-order chi connectivity index (χ1) is 9.85. The molecule has 22 heavy (non-hydrogen) atoms. The average molecular weight is 331 g/mol. The molecule has 1 aromatic carbocycles. The summed E-state index contributed by atoms with van der Waals surface area (Å²) in [5.74, 6) is 0. The van der Waals surface area contributed by atoms with Crippen LogP contribution in [0.5, 0.6) is 0 Å². The Labute approximate surface area is 152 Å². The van der Waals surface area contributed by atoms with Gasteiger partial charge in [0.2, 0.25) is 0 Å². The van der Waals surface area contributed by atoms with E-state index in [2.05, 4.69) is 10.2 Å². The maximum absolute atomic E-state index is 11.6. The van der Waals surface area contributed by atoms with E-state index in [0.29, 0.717) is 0 Å². The fraction of sp³-hybridized carbons (Fsp3) is 0.286. The van der Waals surface area contributed by atoms with Crippen LogP contribution < -0.4 is 0 Å². The van der Waals surface area contributed by atoms with Crippen LogP contribution in [0.4, 0.5) is 5.69 Å². The third-order valence-electron chi connectivity index (χ3n) is 3.24. The Morgan fingerprint density at radius 2 is 1.68 bits per heavy atom. The van der Waals surface area contributed by atoms with Crippen LogP contribution in [0.1, 0.15) is 0 Å². The normalized spacial score (nSPS) is 24.6. The molecule has 0 fully saturated rings. The van der Waals surface area contributed by atoms with Crippen molar-refractivity contribution in [2.75, 3.05) is 14.1 Å². The molecule has 6 nitrogen and oxygen atoms in total. The van der Waals surface area contributed by atoms with Gasteiger partial charge in [0.25, 0.3) is 10.1 Å². The molecule has 0 saturated heterocycles. The van der Waals surface area contributed by atoms with Crippen molar-refractivity contribution in [3.05, 3.63) is 54.6 Å². The number of nitrogens with zero attached hydrogens (tertiary/aromatic N) is 3. The van der Waals surface area contributed by atoms with Crippen LogP contribution in [0.2, 0.25) is 0 Å². The summed E-state index contributed by atoms with van der Waals surface area (Å²) in [7, 11) is -1.14. The second kappa shape index (κ2) is 7.63. The number of benzene rings is 1. The van der Waals surface area contributed by atoms with Gasteiger partial charge in [-0.25, -0.2) is 0 Å². The van der Waals surface area contributed by atoms with Gasteiger partial charge in [0, 0.05) is 0 Å². The third kappa shape index (κ3) is 4.13. The summed E-state index contributed by atoms with van der Waals surface area (Å²) < 4.78 is 32.6. The predicted octanol–water partition coefficient (Wildman–Crippen LogP) is 1.76. The van der Waals surface area contributed by atoms with E-state index in [9.17, 15) is 13.0 Å². The van der Waals surface area contributed by atoms with Crippen molar-refractivity contribution in [3.8, 4) is 0 Å². The molecule has 0 bridgehead atoms. The van der Waals surface area contributed by atoms with E-state index in [-0.39, 0.29) is 35.6 Å². The summed E-state index contributed by atoms with van der Waals surface area (Å²) in [5.41, 5.74) is 0.721. The first kappa shape index (κ1) is 19.2. The van der Waals surface area contributed by atoms with Crippen LogP contribution in [0.25, 0.3) is 0 Å². The zero-order valence-corrected chi connectivity index (χ0v) is 12.6. The Morgan fingerprint density at radius 1 is 1.14 bits per heavy atom. The van der Waals surface area contributed by atoms with Crippen LogP contribution in [-0.4, -0.2) is 72.4 Å². The molecule has 2 rings (SSSR count). The van der Waals surface area contributed by atoms with Gasteiger partial charge in [-0.15, -0.1) is 0 Å². The monoisotopic (exact) mass is 331 g/mol. The molecule has 114 valence electrons. The molecule has 0 heterocycles. The summed E-state index contributed by atoms with van der Waals surface area (Å²) in [4.78, 5) is -0.133. The van der Waals surface area contributed by atoms with Gasteiger partial charge in [-0.05, 0) is 38.4 Å². The molecule has 0 radical (unpaired) electrons. The Morgan fingerprint density at radius 3 is 2.14 bits per heavy atom. The van der Waals surface area contributed by atoms with Crippen molar-refractivity contribution in [2.45, 2.75) is 10.9 Å². The SMILES string of the molecule is CN(C)C1(S(=O)(=O)O)C=CC(/N=N/c2ccccc2)C=C1.[NaH]. The predicted molar refractivity (Wildman–Crippen MR) is 88.1 cm³/mol. The maximum atomic E-state index is 11.6.